The number of nitrogens with two attached hydrogens (primary N) is 1. The van der Waals surface area contributed by atoms with Crippen LogP contribution in [0.25, 0.3) is 22.8 Å². The van der Waals surface area contributed by atoms with Gasteiger partial charge in [0.05, 0.1) is 7.11 Å². The predicted octanol–water partition coefficient (Wildman–Crippen LogP) is 1.91. The van der Waals surface area contributed by atoms with Crippen molar-refractivity contribution in [1.29, 1.82) is 0 Å². The largest absolute Gasteiger partial charge is 0.481 e. The maximum absolute atomic E-state index is 11.2. The van der Waals surface area contributed by atoms with E-state index < -0.39 is 5.91 Å². The summed E-state index contributed by atoms with van der Waals surface area (Å²) in [6.07, 6.45) is 1.59. The number of hydrogen-bond acceptors (Lipinski definition) is 6. The fourth-order valence-corrected chi connectivity index (χ4v) is 1.90. The van der Waals surface area contributed by atoms with Crippen LogP contribution in [0.4, 0.5) is 0 Å². The zero-order valence-corrected chi connectivity index (χ0v) is 11.7. The lowest BCUT2D eigenvalue weighted by molar-refractivity contribution is 0.100. The first-order chi connectivity index (χ1) is 10.7. The Morgan fingerprint density at radius 3 is 2.77 bits per heavy atom. The van der Waals surface area contributed by atoms with Gasteiger partial charge in [-0.25, -0.2) is 4.98 Å². The van der Waals surface area contributed by atoms with Crippen LogP contribution in [0.2, 0.25) is 0 Å². The molecule has 0 spiro atoms. The molecule has 0 aliphatic rings. The fourth-order valence-electron chi connectivity index (χ4n) is 1.90. The van der Waals surface area contributed by atoms with Crippen molar-refractivity contribution < 1.29 is 14.1 Å². The van der Waals surface area contributed by atoms with Crippen molar-refractivity contribution in [3.8, 4) is 28.7 Å². The van der Waals surface area contributed by atoms with E-state index in [1.807, 2.05) is 0 Å². The molecular weight excluding hydrogens is 284 g/mol. The molecule has 0 unspecified atom stereocenters. The fraction of sp³-hybridized carbons (Fsp3) is 0.0667. The highest BCUT2D eigenvalue weighted by molar-refractivity contribution is 5.93. The van der Waals surface area contributed by atoms with Gasteiger partial charge in [0.15, 0.2) is 0 Å². The molecule has 0 aliphatic carbocycles. The zero-order valence-electron chi connectivity index (χ0n) is 11.7. The predicted molar refractivity (Wildman–Crippen MR) is 78.0 cm³/mol. The van der Waals surface area contributed by atoms with Gasteiger partial charge in [-0.2, -0.15) is 4.98 Å². The number of rotatable bonds is 4. The van der Waals surface area contributed by atoms with E-state index in [4.69, 9.17) is 15.0 Å². The number of carbonyl (C=O) groups is 1. The lowest BCUT2D eigenvalue weighted by atomic mass is 10.1. The van der Waals surface area contributed by atoms with Crippen LogP contribution in [0, 0.1) is 0 Å². The Balaban J connectivity index is 1.93. The Bertz CT molecular complexity index is 812. The summed E-state index contributed by atoms with van der Waals surface area (Å²) in [6, 6.07) is 10.2. The van der Waals surface area contributed by atoms with E-state index in [9.17, 15) is 4.79 Å². The minimum atomic E-state index is -0.513. The monoisotopic (exact) mass is 296 g/mol. The third kappa shape index (κ3) is 2.64. The second kappa shape index (κ2) is 5.65. The van der Waals surface area contributed by atoms with E-state index in [2.05, 4.69) is 15.1 Å². The third-order valence-electron chi connectivity index (χ3n) is 3.02. The molecular formula is C15H12N4O3. The molecule has 0 bridgehead atoms. The van der Waals surface area contributed by atoms with Crippen molar-refractivity contribution >= 4 is 5.91 Å². The zero-order chi connectivity index (χ0) is 15.5. The van der Waals surface area contributed by atoms with E-state index in [1.54, 1.807) is 49.7 Å². The second-order valence-corrected chi connectivity index (χ2v) is 4.46. The van der Waals surface area contributed by atoms with Crippen LogP contribution in [0.1, 0.15) is 10.4 Å². The van der Waals surface area contributed by atoms with E-state index in [-0.39, 0.29) is 0 Å². The summed E-state index contributed by atoms with van der Waals surface area (Å²) in [6.45, 7) is 0. The van der Waals surface area contributed by atoms with Gasteiger partial charge in [-0.1, -0.05) is 11.2 Å². The van der Waals surface area contributed by atoms with Crippen molar-refractivity contribution in [2.45, 2.75) is 0 Å². The Kier molecular flexibility index (Phi) is 3.53. The van der Waals surface area contributed by atoms with E-state index in [1.165, 1.54) is 0 Å². The molecule has 0 saturated heterocycles. The van der Waals surface area contributed by atoms with E-state index >= 15 is 0 Å². The number of methoxy groups -OCH3 is 1. The van der Waals surface area contributed by atoms with Crippen molar-refractivity contribution in [2.75, 3.05) is 7.11 Å². The van der Waals surface area contributed by atoms with Crippen LogP contribution in [0.15, 0.2) is 47.1 Å². The van der Waals surface area contributed by atoms with Gasteiger partial charge < -0.3 is 15.0 Å². The highest BCUT2D eigenvalue weighted by Gasteiger charge is 2.12. The summed E-state index contributed by atoms with van der Waals surface area (Å²) in [7, 11) is 1.54. The number of primary amides is 1. The van der Waals surface area contributed by atoms with Gasteiger partial charge >= 0.3 is 0 Å². The average Bonchev–Trinajstić information content (AvgIpc) is 3.05. The quantitative estimate of drug-likeness (QED) is 0.788. The number of ether oxygens (including phenoxy) is 1. The molecule has 0 fully saturated rings. The first kappa shape index (κ1) is 13.7. The number of aromatic nitrogens is 3. The van der Waals surface area contributed by atoms with Crippen molar-refractivity contribution in [2.24, 2.45) is 5.73 Å². The summed E-state index contributed by atoms with van der Waals surface area (Å²) in [5, 5.41) is 3.91. The van der Waals surface area contributed by atoms with Crippen molar-refractivity contribution in [3.05, 3.63) is 48.2 Å². The maximum Gasteiger partial charge on any atom is 0.258 e. The normalized spacial score (nSPS) is 10.4. The van der Waals surface area contributed by atoms with Crippen molar-refractivity contribution in [3.63, 3.8) is 0 Å². The van der Waals surface area contributed by atoms with Crippen LogP contribution in [-0.4, -0.2) is 28.1 Å². The van der Waals surface area contributed by atoms with Gasteiger partial charge in [0, 0.05) is 29.0 Å². The maximum atomic E-state index is 11.2. The van der Waals surface area contributed by atoms with Gasteiger partial charge in [0.25, 0.3) is 5.89 Å². The lowest BCUT2D eigenvalue weighted by Gasteiger charge is -1.98. The van der Waals surface area contributed by atoms with Crippen LogP contribution in [0.5, 0.6) is 5.88 Å². The number of hydrogen-bond donors (Lipinski definition) is 1. The molecule has 0 aliphatic heterocycles. The van der Waals surface area contributed by atoms with Gasteiger partial charge in [0.2, 0.25) is 17.6 Å². The summed E-state index contributed by atoms with van der Waals surface area (Å²) < 4.78 is 10.2. The number of carbonyl (C=O) groups excluding carboxylic acids is 1. The first-order valence-corrected chi connectivity index (χ1v) is 6.42. The molecule has 0 atom stereocenters. The van der Waals surface area contributed by atoms with Gasteiger partial charge in [-0.3, -0.25) is 4.79 Å². The Morgan fingerprint density at radius 2 is 2.09 bits per heavy atom. The lowest BCUT2D eigenvalue weighted by Crippen LogP contribution is -2.10. The molecule has 22 heavy (non-hydrogen) atoms. The molecule has 7 heteroatoms. The number of pyridine rings is 1. The third-order valence-corrected chi connectivity index (χ3v) is 3.02. The Labute approximate surface area is 125 Å². The highest BCUT2D eigenvalue weighted by atomic mass is 16.5. The summed E-state index contributed by atoms with van der Waals surface area (Å²) in [5.41, 5.74) is 6.95. The molecule has 1 amide bonds. The van der Waals surface area contributed by atoms with Gasteiger partial charge in [-0.15, -0.1) is 0 Å². The Hall–Kier alpha value is -3.22. The standard InChI is InChI=1S/C15H12N4O3/c1-21-12-6-5-11(8-17-12)14-18-15(22-19-14)10-4-2-3-9(7-10)13(16)20/h2-8H,1H3,(H2,16,20). The number of benzene rings is 1. The van der Waals surface area contributed by atoms with E-state index in [0.717, 1.165) is 0 Å². The van der Waals surface area contributed by atoms with Gasteiger partial charge in [-0.05, 0) is 24.3 Å². The molecule has 7 nitrogen and oxygen atoms in total. The van der Waals surface area contributed by atoms with Crippen LogP contribution in [-0.2, 0) is 0 Å². The molecule has 0 radical (unpaired) electrons. The highest BCUT2D eigenvalue weighted by Crippen LogP contribution is 2.23. The van der Waals surface area contributed by atoms with E-state index in [0.29, 0.717) is 34.3 Å². The average molecular weight is 296 g/mol. The molecule has 110 valence electrons. The molecule has 2 heterocycles. The summed E-state index contributed by atoms with van der Waals surface area (Å²) in [5.74, 6) is 0.686. The van der Waals surface area contributed by atoms with Crippen LogP contribution >= 0.6 is 0 Å². The summed E-state index contributed by atoms with van der Waals surface area (Å²) >= 11 is 0. The minimum absolute atomic E-state index is 0.300. The first-order valence-electron chi connectivity index (χ1n) is 6.42. The minimum Gasteiger partial charge on any atom is -0.481 e. The molecule has 2 aromatic heterocycles. The molecule has 0 saturated carbocycles. The number of nitrogens with zero attached hydrogens (tertiary/aromatic N) is 3. The molecule has 3 aromatic rings. The smallest absolute Gasteiger partial charge is 0.258 e. The van der Waals surface area contributed by atoms with Crippen LogP contribution in [0.3, 0.4) is 0 Å². The summed E-state index contributed by atoms with van der Waals surface area (Å²) in [4.78, 5) is 19.6. The molecule has 3 rings (SSSR count). The SMILES string of the molecule is COc1ccc(-c2noc(-c3cccc(C(N)=O)c3)n2)cn1. The second-order valence-electron chi connectivity index (χ2n) is 4.46. The van der Waals surface area contributed by atoms with Crippen molar-refractivity contribution in [1.82, 2.24) is 15.1 Å². The van der Waals surface area contributed by atoms with Gasteiger partial charge in [0.1, 0.15) is 0 Å². The number of amides is 1. The van der Waals surface area contributed by atoms with Crippen LogP contribution < -0.4 is 10.5 Å². The molecule has 1 aromatic carbocycles. The molecule has 2 N–H and O–H groups in total. The Morgan fingerprint density at radius 1 is 1.23 bits per heavy atom. The topological polar surface area (TPSA) is 104 Å².